The summed E-state index contributed by atoms with van der Waals surface area (Å²) in [4.78, 5) is 21.9. The molecule has 0 aliphatic rings. The van der Waals surface area contributed by atoms with Gasteiger partial charge in [-0.1, -0.05) is 0 Å². The molecule has 0 aliphatic carbocycles. The number of aliphatic carboxylic acids is 1. The van der Waals surface area contributed by atoms with Crippen molar-refractivity contribution < 1.29 is 28.6 Å². The Labute approximate surface area is 107 Å². The Hall–Kier alpha value is -2.02. The van der Waals surface area contributed by atoms with Gasteiger partial charge in [0.15, 0.2) is 6.10 Å². The largest absolute Gasteiger partial charge is 0.479 e. The molecule has 104 valence electrons. The van der Waals surface area contributed by atoms with Crippen LogP contribution >= 0.6 is 0 Å². The van der Waals surface area contributed by atoms with Crippen LogP contribution < -0.4 is 5.32 Å². The third-order valence-electron chi connectivity index (χ3n) is 2.48. The highest BCUT2D eigenvalue weighted by Crippen LogP contribution is 2.14. The number of carboxylic acid groups (broad SMARTS) is 1. The molecule has 0 saturated heterocycles. The number of rotatable bonds is 5. The van der Waals surface area contributed by atoms with Crippen molar-refractivity contribution in [1.29, 1.82) is 0 Å². The maximum Gasteiger partial charge on any atom is 0.332 e. The number of nitrogens with one attached hydrogen (secondary N) is 1. The van der Waals surface area contributed by atoms with E-state index in [4.69, 9.17) is 10.2 Å². The fraction of sp³-hybridized carbons (Fsp3) is 0.333. The van der Waals surface area contributed by atoms with Gasteiger partial charge in [-0.2, -0.15) is 0 Å². The average molecular weight is 273 g/mol. The van der Waals surface area contributed by atoms with E-state index < -0.39 is 29.6 Å². The highest BCUT2D eigenvalue weighted by Gasteiger charge is 2.16. The van der Waals surface area contributed by atoms with Gasteiger partial charge in [0.05, 0.1) is 5.56 Å². The number of carbonyl (C=O) groups is 2. The monoisotopic (exact) mass is 273 g/mol. The minimum absolute atomic E-state index is 0.122. The molecule has 1 unspecified atom stereocenters. The smallest absolute Gasteiger partial charge is 0.332 e. The number of carboxylic acids is 1. The SMILES string of the molecule is Cc1cc(C(=O)NCCC(O)C(=O)O)c(F)cc1F. The third kappa shape index (κ3) is 3.99. The van der Waals surface area contributed by atoms with Gasteiger partial charge in [0.25, 0.3) is 5.91 Å². The second-order valence-corrected chi connectivity index (χ2v) is 3.98. The molecule has 0 heterocycles. The van der Waals surface area contributed by atoms with E-state index in [2.05, 4.69) is 5.32 Å². The zero-order valence-electron chi connectivity index (χ0n) is 10.1. The van der Waals surface area contributed by atoms with Crippen molar-refractivity contribution in [3.05, 3.63) is 34.9 Å². The first-order chi connectivity index (χ1) is 8.82. The van der Waals surface area contributed by atoms with E-state index >= 15 is 0 Å². The first-order valence-corrected chi connectivity index (χ1v) is 5.47. The quantitative estimate of drug-likeness (QED) is 0.742. The molecule has 0 spiro atoms. The molecular formula is C12H13F2NO4. The molecule has 3 N–H and O–H groups in total. The molecule has 7 heteroatoms. The van der Waals surface area contributed by atoms with Crippen molar-refractivity contribution in [2.75, 3.05) is 6.54 Å². The molecule has 0 aliphatic heterocycles. The number of aryl methyl sites for hydroxylation is 1. The number of halogens is 2. The lowest BCUT2D eigenvalue weighted by Gasteiger charge is -2.09. The third-order valence-corrected chi connectivity index (χ3v) is 2.48. The summed E-state index contributed by atoms with van der Waals surface area (Å²) in [5.74, 6) is -3.95. The number of benzene rings is 1. The number of hydrogen-bond acceptors (Lipinski definition) is 3. The van der Waals surface area contributed by atoms with E-state index in [0.29, 0.717) is 6.07 Å². The lowest BCUT2D eigenvalue weighted by Crippen LogP contribution is -2.30. The van der Waals surface area contributed by atoms with Crippen molar-refractivity contribution >= 4 is 11.9 Å². The van der Waals surface area contributed by atoms with Gasteiger partial charge in [-0.3, -0.25) is 4.79 Å². The van der Waals surface area contributed by atoms with E-state index in [1.165, 1.54) is 6.92 Å². The second kappa shape index (κ2) is 6.24. The number of hydrogen-bond donors (Lipinski definition) is 3. The lowest BCUT2D eigenvalue weighted by atomic mass is 10.1. The van der Waals surface area contributed by atoms with Crippen LogP contribution in [0.1, 0.15) is 22.3 Å². The number of aliphatic hydroxyl groups is 1. The first-order valence-electron chi connectivity index (χ1n) is 5.47. The van der Waals surface area contributed by atoms with Crippen LogP contribution in [0.3, 0.4) is 0 Å². The van der Waals surface area contributed by atoms with Crippen molar-refractivity contribution in [3.8, 4) is 0 Å². The van der Waals surface area contributed by atoms with Crippen LogP contribution in [0.2, 0.25) is 0 Å². The van der Waals surface area contributed by atoms with Crippen molar-refractivity contribution in [3.63, 3.8) is 0 Å². The molecule has 0 bridgehead atoms. The van der Waals surface area contributed by atoms with E-state index in [0.717, 1.165) is 6.07 Å². The first kappa shape index (κ1) is 15.0. The molecule has 1 atom stereocenters. The minimum Gasteiger partial charge on any atom is -0.479 e. The zero-order chi connectivity index (χ0) is 14.6. The topological polar surface area (TPSA) is 86.6 Å². The molecule has 0 fully saturated rings. The standard InChI is InChI=1S/C12H13F2NO4/c1-6-4-7(9(14)5-8(6)13)11(17)15-3-2-10(16)12(18)19/h4-5,10,16H,2-3H2,1H3,(H,15,17)(H,18,19). The summed E-state index contributed by atoms with van der Waals surface area (Å²) in [5, 5.41) is 19.6. The number of amides is 1. The van der Waals surface area contributed by atoms with Gasteiger partial charge in [-0.05, 0) is 18.6 Å². The van der Waals surface area contributed by atoms with Gasteiger partial charge in [-0.25, -0.2) is 13.6 Å². The van der Waals surface area contributed by atoms with Gasteiger partial charge in [-0.15, -0.1) is 0 Å². The molecule has 0 saturated carbocycles. The molecule has 1 amide bonds. The van der Waals surface area contributed by atoms with Crippen LogP contribution in [-0.2, 0) is 4.79 Å². The average Bonchev–Trinajstić information content (AvgIpc) is 2.33. The Morgan fingerprint density at radius 2 is 1.95 bits per heavy atom. The molecule has 1 aromatic carbocycles. The Kier molecular flexibility index (Phi) is 4.94. The molecular weight excluding hydrogens is 260 g/mol. The van der Waals surface area contributed by atoms with Gasteiger partial charge in [0.2, 0.25) is 0 Å². The molecule has 19 heavy (non-hydrogen) atoms. The molecule has 1 rings (SSSR count). The van der Waals surface area contributed by atoms with E-state index in [9.17, 15) is 18.4 Å². The minimum atomic E-state index is -1.60. The Morgan fingerprint density at radius 3 is 2.53 bits per heavy atom. The fourth-order valence-electron chi connectivity index (χ4n) is 1.37. The summed E-state index contributed by atoms with van der Waals surface area (Å²) in [7, 11) is 0. The summed E-state index contributed by atoms with van der Waals surface area (Å²) in [5.41, 5.74) is -0.208. The van der Waals surface area contributed by atoms with Crippen molar-refractivity contribution in [2.24, 2.45) is 0 Å². The molecule has 0 radical (unpaired) electrons. The summed E-state index contributed by atoms with van der Waals surface area (Å²) in [6.07, 6.45) is -1.80. The van der Waals surface area contributed by atoms with Crippen molar-refractivity contribution in [2.45, 2.75) is 19.4 Å². The second-order valence-electron chi connectivity index (χ2n) is 3.98. The van der Waals surface area contributed by atoms with E-state index in [-0.39, 0.29) is 24.1 Å². The Bertz CT molecular complexity index is 505. The zero-order valence-corrected chi connectivity index (χ0v) is 10.1. The van der Waals surface area contributed by atoms with Gasteiger partial charge in [0, 0.05) is 19.0 Å². The van der Waals surface area contributed by atoms with Crippen LogP contribution in [0.15, 0.2) is 12.1 Å². The summed E-state index contributed by atoms with van der Waals surface area (Å²) in [6, 6.07) is 1.67. The summed E-state index contributed by atoms with van der Waals surface area (Å²) in [6.45, 7) is 1.25. The van der Waals surface area contributed by atoms with Gasteiger partial charge in [0.1, 0.15) is 11.6 Å². The Balaban J connectivity index is 2.64. The van der Waals surface area contributed by atoms with Crippen molar-refractivity contribution in [1.82, 2.24) is 5.32 Å². The maximum absolute atomic E-state index is 13.4. The normalized spacial score (nSPS) is 12.0. The van der Waals surface area contributed by atoms with Crippen LogP contribution in [0.5, 0.6) is 0 Å². The highest BCUT2D eigenvalue weighted by molar-refractivity contribution is 5.94. The van der Waals surface area contributed by atoms with E-state index in [1.807, 2.05) is 0 Å². The fourth-order valence-corrected chi connectivity index (χ4v) is 1.37. The Morgan fingerprint density at radius 1 is 1.32 bits per heavy atom. The summed E-state index contributed by atoms with van der Waals surface area (Å²) >= 11 is 0. The summed E-state index contributed by atoms with van der Waals surface area (Å²) < 4.78 is 26.4. The number of carbonyl (C=O) groups excluding carboxylic acids is 1. The molecule has 1 aromatic rings. The lowest BCUT2D eigenvalue weighted by molar-refractivity contribution is -0.146. The highest BCUT2D eigenvalue weighted by atomic mass is 19.1. The predicted molar refractivity (Wildman–Crippen MR) is 61.7 cm³/mol. The predicted octanol–water partition coefficient (Wildman–Crippen LogP) is 0.839. The van der Waals surface area contributed by atoms with Crippen LogP contribution in [0, 0.1) is 18.6 Å². The molecule has 0 aromatic heterocycles. The van der Waals surface area contributed by atoms with E-state index in [1.54, 1.807) is 0 Å². The number of aliphatic hydroxyl groups excluding tert-OH is 1. The molecule has 5 nitrogen and oxygen atoms in total. The van der Waals surface area contributed by atoms with Gasteiger partial charge < -0.3 is 15.5 Å². The maximum atomic E-state index is 13.4. The van der Waals surface area contributed by atoms with Crippen LogP contribution in [0.25, 0.3) is 0 Å². The van der Waals surface area contributed by atoms with Crippen LogP contribution in [0.4, 0.5) is 8.78 Å². The van der Waals surface area contributed by atoms with Gasteiger partial charge >= 0.3 is 5.97 Å². The van der Waals surface area contributed by atoms with Crippen LogP contribution in [-0.4, -0.2) is 34.7 Å².